The summed E-state index contributed by atoms with van der Waals surface area (Å²) in [5.41, 5.74) is 1.47. The molecule has 1 saturated heterocycles. The molecule has 1 amide bonds. The van der Waals surface area contributed by atoms with E-state index >= 15 is 0 Å². The number of para-hydroxylation sites is 1. The van der Waals surface area contributed by atoms with Crippen LogP contribution in [0.1, 0.15) is 5.56 Å². The Morgan fingerprint density at radius 2 is 1.64 bits per heavy atom. The van der Waals surface area contributed by atoms with Crippen LogP contribution in [-0.4, -0.2) is 43.5 Å². The summed E-state index contributed by atoms with van der Waals surface area (Å²) in [7, 11) is 0. The number of nitrogens with one attached hydrogen (secondary N) is 1. The monoisotopic (exact) mass is 345 g/mol. The second-order valence-electron chi connectivity index (χ2n) is 6.12. The number of anilines is 1. The van der Waals surface area contributed by atoms with Gasteiger partial charge in [-0.25, -0.2) is 8.78 Å². The van der Waals surface area contributed by atoms with Crippen LogP contribution in [0.2, 0.25) is 0 Å². The molecule has 2 aromatic rings. The first-order chi connectivity index (χ1) is 12.1. The standard InChI is InChI=1S/C19H21F2N3O/c20-16-7-5-15(6-8-16)13-22-19(25)14-23-9-11-24(12-10-23)18-4-2-1-3-17(18)21/h1-8H,9-14H2,(H,22,25). The Morgan fingerprint density at radius 3 is 2.32 bits per heavy atom. The molecule has 25 heavy (non-hydrogen) atoms. The van der Waals surface area contributed by atoms with Gasteiger partial charge < -0.3 is 10.2 Å². The van der Waals surface area contributed by atoms with Gasteiger partial charge in [0.25, 0.3) is 0 Å². The quantitative estimate of drug-likeness (QED) is 0.904. The molecule has 3 rings (SSSR count). The van der Waals surface area contributed by atoms with E-state index in [0.29, 0.717) is 45.0 Å². The van der Waals surface area contributed by atoms with Crippen molar-refractivity contribution in [2.75, 3.05) is 37.6 Å². The Hall–Kier alpha value is -2.47. The summed E-state index contributed by atoms with van der Waals surface area (Å²) in [6.45, 7) is 3.48. The maximum absolute atomic E-state index is 13.8. The number of hydrogen-bond acceptors (Lipinski definition) is 3. The summed E-state index contributed by atoms with van der Waals surface area (Å²) in [5.74, 6) is -0.570. The Labute approximate surface area is 146 Å². The first kappa shape index (κ1) is 17.4. The van der Waals surface area contributed by atoms with Crippen LogP contribution in [0.5, 0.6) is 0 Å². The van der Waals surface area contributed by atoms with Crippen molar-refractivity contribution in [1.82, 2.24) is 10.2 Å². The average molecular weight is 345 g/mol. The summed E-state index contributed by atoms with van der Waals surface area (Å²) in [6.07, 6.45) is 0. The van der Waals surface area contributed by atoms with Gasteiger partial charge in [0.2, 0.25) is 5.91 Å². The molecular formula is C19H21F2N3O. The molecule has 0 unspecified atom stereocenters. The first-order valence-electron chi connectivity index (χ1n) is 8.35. The van der Waals surface area contributed by atoms with E-state index in [1.54, 1.807) is 24.3 Å². The molecule has 0 saturated carbocycles. The highest BCUT2D eigenvalue weighted by atomic mass is 19.1. The molecule has 0 spiro atoms. The molecule has 2 aromatic carbocycles. The number of rotatable bonds is 5. The van der Waals surface area contributed by atoms with Crippen LogP contribution in [-0.2, 0) is 11.3 Å². The molecule has 132 valence electrons. The first-order valence-corrected chi connectivity index (χ1v) is 8.35. The van der Waals surface area contributed by atoms with E-state index < -0.39 is 0 Å². The van der Waals surface area contributed by atoms with Crippen LogP contribution in [0.25, 0.3) is 0 Å². The maximum Gasteiger partial charge on any atom is 0.234 e. The highest BCUT2D eigenvalue weighted by Crippen LogP contribution is 2.19. The molecule has 0 radical (unpaired) electrons. The predicted octanol–water partition coefficient (Wildman–Crippen LogP) is 2.40. The van der Waals surface area contributed by atoms with Gasteiger partial charge >= 0.3 is 0 Å². The molecule has 1 aliphatic heterocycles. The molecular weight excluding hydrogens is 324 g/mol. The van der Waals surface area contributed by atoms with Gasteiger partial charge in [0, 0.05) is 32.7 Å². The van der Waals surface area contributed by atoms with E-state index in [0.717, 1.165) is 5.56 Å². The van der Waals surface area contributed by atoms with Gasteiger partial charge in [-0.2, -0.15) is 0 Å². The molecule has 0 atom stereocenters. The van der Waals surface area contributed by atoms with Crippen LogP contribution >= 0.6 is 0 Å². The number of hydrogen-bond donors (Lipinski definition) is 1. The van der Waals surface area contributed by atoms with Gasteiger partial charge in [-0.15, -0.1) is 0 Å². The van der Waals surface area contributed by atoms with Crippen molar-refractivity contribution < 1.29 is 13.6 Å². The van der Waals surface area contributed by atoms with Crippen LogP contribution in [0.4, 0.5) is 14.5 Å². The molecule has 0 bridgehead atoms. The van der Waals surface area contributed by atoms with Gasteiger partial charge in [0.05, 0.1) is 12.2 Å². The van der Waals surface area contributed by atoms with Gasteiger partial charge in [0.15, 0.2) is 0 Å². The van der Waals surface area contributed by atoms with Crippen molar-refractivity contribution in [1.29, 1.82) is 0 Å². The maximum atomic E-state index is 13.8. The summed E-state index contributed by atoms with van der Waals surface area (Å²) < 4.78 is 26.7. The third-order valence-corrected chi connectivity index (χ3v) is 4.34. The fraction of sp³-hybridized carbons (Fsp3) is 0.316. The number of halogens is 2. The van der Waals surface area contributed by atoms with Crippen molar-refractivity contribution in [3.05, 3.63) is 65.7 Å². The topological polar surface area (TPSA) is 35.6 Å². The van der Waals surface area contributed by atoms with E-state index in [2.05, 4.69) is 10.2 Å². The smallest absolute Gasteiger partial charge is 0.234 e. The highest BCUT2D eigenvalue weighted by molar-refractivity contribution is 5.78. The molecule has 1 aliphatic rings. The second kappa shape index (κ2) is 8.07. The molecule has 0 aliphatic carbocycles. The molecule has 1 heterocycles. The second-order valence-corrected chi connectivity index (χ2v) is 6.12. The van der Waals surface area contributed by atoms with Crippen LogP contribution in [0.15, 0.2) is 48.5 Å². The lowest BCUT2D eigenvalue weighted by Crippen LogP contribution is -2.49. The minimum atomic E-state index is -0.289. The average Bonchev–Trinajstić information content (AvgIpc) is 2.62. The number of nitrogens with zero attached hydrogens (tertiary/aromatic N) is 2. The van der Waals surface area contributed by atoms with E-state index in [1.165, 1.54) is 18.2 Å². The van der Waals surface area contributed by atoms with Crippen LogP contribution < -0.4 is 10.2 Å². The minimum absolute atomic E-state index is 0.0660. The number of amides is 1. The van der Waals surface area contributed by atoms with Gasteiger partial charge in [0.1, 0.15) is 11.6 Å². The SMILES string of the molecule is O=C(CN1CCN(c2ccccc2F)CC1)NCc1ccc(F)cc1. The lowest BCUT2D eigenvalue weighted by atomic mass is 10.2. The third-order valence-electron chi connectivity index (χ3n) is 4.34. The molecule has 4 nitrogen and oxygen atoms in total. The summed E-state index contributed by atoms with van der Waals surface area (Å²) in [5, 5.41) is 2.84. The van der Waals surface area contributed by atoms with Crippen LogP contribution in [0.3, 0.4) is 0 Å². The largest absolute Gasteiger partial charge is 0.367 e. The molecule has 6 heteroatoms. The van der Waals surface area contributed by atoms with Crippen molar-refractivity contribution in [3.63, 3.8) is 0 Å². The lowest BCUT2D eigenvalue weighted by molar-refractivity contribution is -0.122. The van der Waals surface area contributed by atoms with E-state index in [4.69, 9.17) is 0 Å². The Kier molecular flexibility index (Phi) is 5.60. The molecule has 0 aromatic heterocycles. The predicted molar refractivity (Wildman–Crippen MR) is 93.3 cm³/mol. The van der Waals surface area contributed by atoms with Gasteiger partial charge in [-0.05, 0) is 29.8 Å². The van der Waals surface area contributed by atoms with Crippen molar-refractivity contribution in [3.8, 4) is 0 Å². The Morgan fingerprint density at radius 1 is 0.960 bits per heavy atom. The summed E-state index contributed by atoms with van der Waals surface area (Å²) >= 11 is 0. The molecule has 1 fully saturated rings. The third kappa shape index (κ3) is 4.76. The summed E-state index contributed by atoms with van der Waals surface area (Å²) in [4.78, 5) is 16.1. The van der Waals surface area contributed by atoms with Crippen LogP contribution in [0, 0.1) is 11.6 Å². The van der Waals surface area contributed by atoms with Crippen molar-refractivity contribution in [2.24, 2.45) is 0 Å². The van der Waals surface area contributed by atoms with E-state index in [9.17, 15) is 13.6 Å². The Balaban J connectivity index is 1.43. The number of piperazine rings is 1. The minimum Gasteiger partial charge on any atom is -0.367 e. The van der Waals surface area contributed by atoms with Gasteiger partial charge in [-0.1, -0.05) is 24.3 Å². The van der Waals surface area contributed by atoms with Crippen molar-refractivity contribution >= 4 is 11.6 Å². The molecule has 1 N–H and O–H groups in total. The van der Waals surface area contributed by atoms with E-state index in [1.807, 2.05) is 11.0 Å². The van der Waals surface area contributed by atoms with E-state index in [-0.39, 0.29) is 17.5 Å². The highest BCUT2D eigenvalue weighted by Gasteiger charge is 2.20. The zero-order valence-corrected chi connectivity index (χ0v) is 13.9. The fourth-order valence-corrected chi connectivity index (χ4v) is 2.92. The normalized spacial score (nSPS) is 15.2. The number of carbonyl (C=O) groups is 1. The zero-order valence-electron chi connectivity index (χ0n) is 13.9. The number of benzene rings is 2. The lowest BCUT2D eigenvalue weighted by Gasteiger charge is -2.35. The summed E-state index contributed by atoms with van der Waals surface area (Å²) in [6, 6.07) is 12.8. The van der Waals surface area contributed by atoms with Crippen molar-refractivity contribution in [2.45, 2.75) is 6.54 Å². The number of carbonyl (C=O) groups excluding carboxylic acids is 1. The Bertz CT molecular complexity index is 713. The fourth-order valence-electron chi connectivity index (χ4n) is 2.92. The zero-order chi connectivity index (χ0) is 17.6. The van der Waals surface area contributed by atoms with Gasteiger partial charge in [-0.3, -0.25) is 9.69 Å².